The Morgan fingerprint density at radius 2 is 1.90 bits per heavy atom. The van der Waals surface area contributed by atoms with Gasteiger partial charge >= 0.3 is 172 Å². The third-order valence-corrected chi connectivity index (χ3v) is 6.69. The van der Waals surface area contributed by atoms with Gasteiger partial charge in [0.1, 0.15) is 0 Å². The van der Waals surface area contributed by atoms with Crippen LogP contribution in [0.15, 0.2) is 60.0 Å². The SMILES string of the molecule is CC(Cc1ccc(C(=O)Nc2cc(-c3cccs3)ccc2[AsH2])cc1)C(O)C(N)=O. The number of thiophene rings is 1. The number of hydrogen-bond donors (Lipinski definition) is 3. The first-order chi connectivity index (χ1) is 13.8. The molecule has 0 spiro atoms. The molecule has 150 valence electrons. The van der Waals surface area contributed by atoms with Gasteiger partial charge in [-0.25, -0.2) is 0 Å². The number of benzene rings is 2. The number of primary amides is 1. The van der Waals surface area contributed by atoms with Gasteiger partial charge in [-0.05, 0) is 0 Å². The van der Waals surface area contributed by atoms with Gasteiger partial charge in [0.2, 0.25) is 0 Å². The molecule has 29 heavy (non-hydrogen) atoms. The normalized spacial score (nSPS) is 12.9. The number of aliphatic hydroxyl groups is 1. The molecule has 7 heteroatoms. The fourth-order valence-corrected chi connectivity index (χ4v) is 4.26. The molecule has 0 saturated carbocycles. The van der Waals surface area contributed by atoms with Gasteiger partial charge in [0.05, 0.1) is 0 Å². The van der Waals surface area contributed by atoms with Crippen LogP contribution in [0.3, 0.4) is 0 Å². The number of aliphatic hydroxyl groups excluding tert-OH is 1. The number of anilines is 1. The zero-order valence-corrected chi connectivity index (χ0v) is 19.2. The molecular weight excluding hydrogens is 447 g/mol. The van der Waals surface area contributed by atoms with Gasteiger partial charge in [0.25, 0.3) is 0 Å². The standard InChI is InChI=1S/C22H23AsN2O3S/c1-13(20(26)21(24)27)11-14-4-6-15(7-5-14)22(28)25-18-12-16(8-9-17(18)23)19-3-2-10-29-19/h2-10,12-13,20,26H,11,23H2,1H3,(H2,24,27)(H,25,28). The molecule has 3 rings (SSSR count). The first kappa shape index (κ1) is 21.3. The maximum absolute atomic E-state index is 12.7. The summed E-state index contributed by atoms with van der Waals surface area (Å²) in [7, 11) is 0. The van der Waals surface area contributed by atoms with Crippen LogP contribution in [0.2, 0.25) is 0 Å². The Kier molecular flexibility index (Phi) is 6.91. The maximum atomic E-state index is 12.7. The summed E-state index contributed by atoms with van der Waals surface area (Å²) in [5.41, 5.74) is 8.50. The van der Waals surface area contributed by atoms with E-state index in [0.717, 1.165) is 26.0 Å². The summed E-state index contributed by atoms with van der Waals surface area (Å²) in [5.74, 6) is -1.20. The quantitative estimate of drug-likeness (QED) is 0.461. The van der Waals surface area contributed by atoms with Crippen molar-refractivity contribution in [3.63, 3.8) is 0 Å². The second-order valence-electron chi connectivity index (χ2n) is 6.96. The smallest absolute Gasteiger partial charge is 0.367 e. The van der Waals surface area contributed by atoms with Crippen molar-refractivity contribution in [3.8, 4) is 10.4 Å². The molecule has 1 heterocycles. The Bertz CT molecular complexity index is 1000. The number of rotatable bonds is 7. The molecule has 0 bridgehead atoms. The predicted octanol–water partition coefficient (Wildman–Crippen LogP) is 1.95. The Balaban J connectivity index is 1.70. The molecule has 4 N–H and O–H groups in total. The van der Waals surface area contributed by atoms with Crippen molar-refractivity contribution in [1.29, 1.82) is 0 Å². The Morgan fingerprint density at radius 3 is 2.52 bits per heavy atom. The van der Waals surface area contributed by atoms with Crippen molar-refractivity contribution in [2.75, 3.05) is 5.32 Å². The molecule has 3 unspecified atom stereocenters. The minimum absolute atomic E-state index is 0.177. The molecule has 3 aromatic rings. The number of nitrogens with two attached hydrogens (primary N) is 1. The van der Waals surface area contributed by atoms with Crippen molar-refractivity contribution in [2.24, 2.45) is 11.7 Å². The van der Waals surface area contributed by atoms with Crippen LogP contribution in [0, 0.1) is 5.92 Å². The topological polar surface area (TPSA) is 92.4 Å². The summed E-state index contributed by atoms with van der Waals surface area (Å²) in [5, 5.41) is 14.8. The van der Waals surface area contributed by atoms with Gasteiger partial charge in [0, 0.05) is 0 Å². The second kappa shape index (κ2) is 9.40. The fourth-order valence-electron chi connectivity index (χ4n) is 3.01. The Labute approximate surface area is 182 Å². The van der Waals surface area contributed by atoms with Crippen molar-refractivity contribution in [3.05, 3.63) is 71.1 Å². The van der Waals surface area contributed by atoms with Crippen molar-refractivity contribution >= 4 is 50.0 Å². The monoisotopic (exact) mass is 470 g/mol. The first-order valence-electron chi connectivity index (χ1n) is 9.16. The Morgan fingerprint density at radius 1 is 1.17 bits per heavy atom. The van der Waals surface area contributed by atoms with Crippen LogP contribution in [0.25, 0.3) is 10.4 Å². The van der Waals surface area contributed by atoms with E-state index in [-0.39, 0.29) is 11.8 Å². The average molecular weight is 470 g/mol. The fraction of sp³-hybridized carbons (Fsp3) is 0.182. The zero-order valence-electron chi connectivity index (χ0n) is 16.0. The zero-order chi connectivity index (χ0) is 21.0. The van der Waals surface area contributed by atoms with E-state index in [1.165, 1.54) is 16.9 Å². The van der Waals surface area contributed by atoms with Gasteiger partial charge in [-0.3, -0.25) is 4.79 Å². The van der Waals surface area contributed by atoms with E-state index < -0.39 is 12.0 Å². The summed E-state index contributed by atoms with van der Waals surface area (Å²) in [6.07, 6.45) is -0.685. The third-order valence-electron chi connectivity index (χ3n) is 4.71. The van der Waals surface area contributed by atoms with E-state index in [4.69, 9.17) is 5.73 Å². The van der Waals surface area contributed by atoms with Gasteiger partial charge in [-0.2, -0.15) is 0 Å². The predicted molar refractivity (Wildman–Crippen MR) is 120 cm³/mol. The van der Waals surface area contributed by atoms with Crippen molar-refractivity contribution < 1.29 is 14.7 Å². The summed E-state index contributed by atoms with van der Waals surface area (Å²) in [6.45, 7) is 1.77. The van der Waals surface area contributed by atoms with Crippen LogP contribution >= 0.6 is 11.3 Å². The van der Waals surface area contributed by atoms with E-state index in [1.54, 1.807) is 30.4 Å². The van der Waals surface area contributed by atoms with Crippen molar-refractivity contribution in [1.82, 2.24) is 0 Å². The van der Waals surface area contributed by atoms with E-state index >= 15 is 0 Å². The van der Waals surface area contributed by atoms with Crippen LogP contribution in [-0.2, 0) is 11.2 Å². The molecular formula is C22H23AsN2O3S. The van der Waals surface area contributed by atoms with Crippen LogP contribution < -0.4 is 15.4 Å². The Hall–Kier alpha value is -2.40. The molecule has 3 atom stereocenters. The number of nitrogens with one attached hydrogen (secondary N) is 1. The summed E-state index contributed by atoms with van der Waals surface area (Å²) < 4.78 is 1.05. The molecule has 5 nitrogen and oxygen atoms in total. The van der Waals surface area contributed by atoms with Crippen LogP contribution in [-0.4, -0.2) is 39.9 Å². The summed E-state index contributed by atoms with van der Waals surface area (Å²) >= 11 is 3.11. The molecule has 0 saturated heterocycles. The van der Waals surface area contributed by atoms with Gasteiger partial charge in [-0.1, -0.05) is 0 Å². The van der Waals surface area contributed by atoms with Gasteiger partial charge in [-0.15, -0.1) is 0 Å². The molecule has 0 fully saturated rings. The second-order valence-corrected chi connectivity index (χ2v) is 9.21. The summed E-state index contributed by atoms with van der Waals surface area (Å²) in [6, 6.07) is 17.3. The molecule has 0 radical (unpaired) electrons. The minimum atomic E-state index is -1.18. The molecule has 2 aromatic carbocycles. The average Bonchev–Trinajstić information content (AvgIpc) is 3.24. The molecule has 2 amide bonds. The number of carbonyl (C=O) groups excluding carboxylic acids is 2. The van der Waals surface area contributed by atoms with Crippen molar-refractivity contribution in [2.45, 2.75) is 19.4 Å². The summed E-state index contributed by atoms with van der Waals surface area (Å²) in [4.78, 5) is 24.9. The van der Waals surface area contributed by atoms with E-state index in [0.29, 0.717) is 12.0 Å². The molecule has 0 aliphatic heterocycles. The minimum Gasteiger partial charge on any atom is -0.367 e. The number of carbonyl (C=O) groups is 2. The molecule has 0 aliphatic rings. The van der Waals surface area contributed by atoms with E-state index in [1.807, 2.05) is 35.7 Å². The van der Waals surface area contributed by atoms with E-state index in [2.05, 4.69) is 17.4 Å². The van der Waals surface area contributed by atoms with Crippen LogP contribution in [0.5, 0.6) is 0 Å². The number of amides is 2. The molecule has 1 aromatic heterocycles. The third kappa shape index (κ3) is 5.35. The van der Waals surface area contributed by atoms with Gasteiger partial charge in [0.15, 0.2) is 0 Å². The van der Waals surface area contributed by atoms with Crippen LogP contribution in [0.1, 0.15) is 22.8 Å². The number of hydrogen-bond acceptors (Lipinski definition) is 4. The van der Waals surface area contributed by atoms with E-state index in [9.17, 15) is 14.7 Å². The molecule has 0 aliphatic carbocycles. The first-order valence-corrected chi connectivity index (χ1v) is 11.3. The van der Waals surface area contributed by atoms with Crippen LogP contribution in [0.4, 0.5) is 5.69 Å². The van der Waals surface area contributed by atoms with Gasteiger partial charge < -0.3 is 5.73 Å².